The van der Waals surface area contributed by atoms with E-state index in [1.165, 1.54) is 19.2 Å². The second kappa shape index (κ2) is 5.34. The monoisotopic (exact) mass is 267 g/mol. The molecule has 1 amide bonds. The Bertz CT molecular complexity index is 493. The van der Waals surface area contributed by atoms with Crippen LogP contribution in [-0.4, -0.2) is 25.6 Å². The molecule has 19 heavy (non-hydrogen) atoms. The summed E-state index contributed by atoms with van der Waals surface area (Å²) in [5.41, 5.74) is 11.6. The van der Waals surface area contributed by atoms with Gasteiger partial charge in [-0.1, -0.05) is 0 Å². The van der Waals surface area contributed by atoms with E-state index in [2.05, 4.69) is 0 Å². The molecule has 0 spiro atoms. The van der Waals surface area contributed by atoms with Gasteiger partial charge in [-0.2, -0.15) is 0 Å². The molecule has 1 aliphatic rings. The van der Waals surface area contributed by atoms with E-state index in [0.717, 1.165) is 12.8 Å². The van der Waals surface area contributed by atoms with Crippen molar-refractivity contribution in [2.24, 2.45) is 5.73 Å². The van der Waals surface area contributed by atoms with Crippen molar-refractivity contribution in [3.8, 4) is 5.75 Å². The van der Waals surface area contributed by atoms with Crippen LogP contribution in [0.25, 0.3) is 0 Å². The number of halogens is 1. The Labute approximate surface area is 111 Å². The lowest BCUT2D eigenvalue weighted by molar-refractivity contribution is -0.119. The largest absolute Gasteiger partial charge is 0.495 e. The molecular weight excluding hydrogens is 249 g/mol. The Morgan fingerprint density at radius 2 is 2.21 bits per heavy atom. The predicted molar refractivity (Wildman–Crippen MR) is 71.5 cm³/mol. The third kappa shape index (κ3) is 2.57. The number of nitrogens with zero attached hydrogens (tertiary/aromatic N) is 1. The first-order valence-electron chi connectivity index (χ1n) is 6.23. The number of hydrogen-bond donors (Lipinski definition) is 2. The van der Waals surface area contributed by atoms with E-state index >= 15 is 0 Å². The van der Waals surface area contributed by atoms with Crippen LogP contribution in [0.4, 0.5) is 15.8 Å². The first-order chi connectivity index (χ1) is 9.04. The summed E-state index contributed by atoms with van der Waals surface area (Å²) < 4.78 is 19.2. The number of primary amides is 1. The molecule has 1 unspecified atom stereocenters. The zero-order valence-electron chi connectivity index (χ0n) is 10.9. The smallest absolute Gasteiger partial charge is 0.240 e. The Kier molecular flexibility index (Phi) is 3.78. The molecule has 1 fully saturated rings. The van der Waals surface area contributed by atoms with Gasteiger partial charge in [-0.15, -0.1) is 0 Å². The van der Waals surface area contributed by atoms with Crippen molar-refractivity contribution in [2.45, 2.75) is 25.3 Å². The van der Waals surface area contributed by atoms with Gasteiger partial charge in [0, 0.05) is 18.7 Å². The number of anilines is 2. The number of methoxy groups -OCH3 is 1. The van der Waals surface area contributed by atoms with Gasteiger partial charge >= 0.3 is 0 Å². The summed E-state index contributed by atoms with van der Waals surface area (Å²) >= 11 is 0. The fraction of sp³-hybridized carbons (Fsp3) is 0.462. The third-order valence-corrected chi connectivity index (χ3v) is 3.44. The normalized spacial score (nSPS) is 19.3. The van der Waals surface area contributed by atoms with Crippen LogP contribution in [0.3, 0.4) is 0 Å². The molecule has 5 nitrogen and oxygen atoms in total. The Balaban J connectivity index is 2.41. The van der Waals surface area contributed by atoms with Crippen LogP contribution >= 0.6 is 0 Å². The highest BCUT2D eigenvalue weighted by Gasteiger charge is 2.29. The highest BCUT2D eigenvalue weighted by molar-refractivity contribution is 5.84. The Morgan fingerprint density at radius 3 is 2.84 bits per heavy atom. The van der Waals surface area contributed by atoms with Crippen molar-refractivity contribution in [1.29, 1.82) is 0 Å². The number of piperidine rings is 1. The molecule has 1 atom stereocenters. The molecule has 2 rings (SSSR count). The molecule has 1 saturated heterocycles. The zero-order valence-corrected chi connectivity index (χ0v) is 10.9. The van der Waals surface area contributed by atoms with Gasteiger partial charge in [0.1, 0.15) is 17.6 Å². The van der Waals surface area contributed by atoms with E-state index in [-0.39, 0.29) is 5.69 Å². The van der Waals surface area contributed by atoms with Crippen molar-refractivity contribution in [3.63, 3.8) is 0 Å². The van der Waals surface area contributed by atoms with Gasteiger partial charge in [-0.05, 0) is 19.3 Å². The molecule has 6 heteroatoms. The van der Waals surface area contributed by atoms with E-state index in [4.69, 9.17) is 16.2 Å². The van der Waals surface area contributed by atoms with Crippen molar-refractivity contribution >= 4 is 17.3 Å². The summed E-state index contributed by atoms with van der Waals surface area (Å²) in [7, 11) is 1.47. The molecule has 0 saturated carbocycles. The summed E-state index contributed by atoms with van der Waals surface area (Å²) in [5, 5.41) is 0. The van der Waals surface area contributed by atoms with E-state index in [9.17, 15) is 9.18 Å². The van der Waals surface area contributed by atoms with Crippen molar-refractivity contribution < 1.29 is 13.9 Å². The first kappa shape index (κ1) is 13.5. The standard InChI is InChI=1S/C13H18FN3O2/c1-19-12-7-11(8(14)6-9(12)15)17-5-3-2-4-10(17)13(16)18/h6-7,10H,2-5,15H2,1H3,(H2,16,18). The van der Waals surface area contributed by atoms with Gasteiger partial charge in [0.15, 0.2) is 0 Å². The number of ether oxygens (including phenoxy) is 1. The van der Waals surface area contributed by atoms with Gasteiger partial charge in [-0.3, -0.25) is 4.79 Å². The van der Waals surface area contributed by atoms with E-state index in [1.807, 2.05) is 0 Å². The number of amides is 1. The van der Waals surface area contributed by atoms with Crippen LogP contribution in [0.2, 0.25) is 0 Å². The van der Waals surface area contributed by atoms with E-state index < -0.39 is 17.8 Å². The lowest BCUT2D eigenvalue weighted by Crippen LogP contribution is -2.48. The summed E-state index contributed by atoms with van der Waals surface area (Å²) in [6.45, 7) is 0.595. The molecule has 0 aliphatic carbocycles. The fourth-order valence-corrected chi connectivity index (χ4v) is 2.47. The summed E-state index contributed by atoms with van der Waals surface area (Å²) in [5.74, 6) is -0.508. The van der Waals surface area contributed by atoms with Crippen molar-refractivity contribution in [1.82, 2.24) is 0 Å². The van der Waals surface area contributed by atoms with Gasteiger partial charge in [0.25, 0.3) is 0 Å². The van der Waals surface area contributed by atoms with Gasteiger partial charge in [0.05, 0.1) is 18.5 Å². The second-order valence-electron chi connectivity index (χ2n) is 4.65. The van der Waals surface area contributed by atoms with E-state index in [0.29, 0.717) is 24.4 Å². The topological polar surface area (TPSA) is 81.6 Å². The van der Waals surface area contributed by atoms with Crippen LogP contribution in [0.5, 0.6) is 5.75 Å². The molecular formula is C13H18FN3O2. The number of rotatable bonds is 3. The number of carbonyl (C=O) groups is 1. The second-order valence-corrected chi connectivity index (χ2v) is 4.65. The molecule has 104 valence electrons. The fourth-order valence-electron chi connectivity index (χ4n) is 2.47. The van der Waals surface area contributed by atoms with Crippen LogP contribution in [0.1, 0.15) is 19.3 Å². The number of carbonyl (C=O) groups excluding carboxylic acids is 1. The number of nitrogens with two attached hydrogens (primary N) is 2. The molecule has 1 aromatic rings. The minimum absolute atomic E-state index is 0.233. The lowest BCUT2D eigenvalue weighted by atomic mass is 10.0. The number of nitrogen functional groups attached to an aromatic ring is 1. The minimum Gasteiger partial charge on any atom is -0.495 e. The molecule has 4 N–H and O–H groups in total. The van der Waals surface area contributed by atoms with Crippen molar-refractivity contribution in [2.75, 3.05) is 24.3 Å². The maximum atomic E-state index is 14.1. The van der Waals surface area contributed by atoms with Crippen LogP contribution in [0.15, 0.2) is 12.1 Å². The maximum absolute atomic E-state index is 14.1. The van der Waals surface area contributed by atoms with Crippen molar-refractivity contribution in [3.05, 3.63) is 17.9 Å². The van der Waals surface area contributed by atoms with Crippen LogP contribution in [-0.2, 0) is 4.79 Å². The highest BCUT2D eigenvalue weighted by Crippen LogP contribution is 2.33. The average molecular weight is 267 g/mol. The Hall–Kier alpha value is -1.98. The highest BCUT2D eigenvalue weighted by atomic mass is 19.1. The predicted octanol–water partition coefficient (Wildman–Crippen LogP) is 1.26. The van der Waals surface area contributed by atoms with Gasteiger partial charge < -0.3 is 21.1 Å². The third-order valence-electron chi connectivity index (χ3n) is 3.44. The number of hydrogen-bond acceptors (Lipinski definition) is 4. The molecule has 0 aromatic heterocycles. The summed E-state index contributed by atoms with van der Waals surface area (Å²) in [6.07, 6.45) is 2.45. The van der Waals surface area contributed by atoms with E-state index in [1.54, 1.807) is 4.90 Å². The molecule has 1 aromatic carbocycles. The van der Waals surface area contributed by atoms with Gasteiger partial charge in [0.2, 0.25) is 5.91 Å². The quantitative estimate of drug-likeness (QED) is 0.808. The molecule has 0 radical (unpaired) electrons. The van der Waals surface area contributed by atoms with Crippen LogP contribution < -0.4 is 21.1 Å². The summed E-state index contributed by atoms with van der Waals surface area (Å²) in [6, 6.07) is 2.25. The zero-order chi connectivity index (χ0) is 14.0. The average Bonchev–Trinajstić information content (AvgIpc) is 2.39. The first-order valence-corrected chi connectivity index (χ1v) is 6.23. The lowest BCUT2D eigenvalue weighted by Gasteiger charge is -2.35. The number of benzene rings is 1. The van der Waals surface area contributed by atoms with Crippen LogP contribution in [0, 0.1) is 5.82 Å². The maximum Gasteiger partial charge on any atom is 0.240 e. The molecule has 0 bridgehead atoms. The minimum atomic E-state index is -0.475. The summed E-state index contributed by atoms with van der Waals surface area (Å²) in [4.78, 5) is 13.2. The molecule has 1 heterocycles. The molecule has 1 aliphatic heterocycles. The van der Waals surface area contributed by atoms with Gasteiger partial charge in [-0.25, -0.2) is 4.39 Å². The SMILES string of the molecule is COc1cc(N2CCCCC2C(N)=O)c(F)cc1N. The Morgan fingerprint density at radius 1 is 1.47 bits per heavy atom.